The zero-order valence-electron chi connectivity index (χ0n) is 44.3. The molecule has 0 saturated heterocycles. The van der Waals surface area contributed by atoms with E-state index in [1.54, 1.807) is 0 Å². The molecular formula is C63H100O6. The standard InChI is InChI=1S/C63H100O6/c1-4-7-10-13-16-19-22-25-28-30-31-33-36-39-42-45-48-51-54-57-63(66)69-60(58-67-61(64)55-52-49-46-43-40-37-34-27-24-21-18-15-12-9-6-3)59-68-62(65)56-53-50-47-44-41-38-35-32-29-26-23-20-17-14-11-8-5-2/h9,12,16-21,25-29,31,33-34,39-40,42-43,48,51,60H,4-8,10-11,13-15,22-24,30,32,35-38,41,44-47,49-50,52-59H2,1-3H3/b12-9-,19-16-,20-17-,21-18-,28-25-,29-26-,33-31-,34-27-,42-39-,43-40-,51-48-/t60-/m1/s1. The highest BCUT2D eigenvalue weighted by Crippen LogP contribution is 2.12. The van der Waals surface area contributed by atoms with Crippen molar-refractivity contribution in [3.63, 3.8) is 0 Å². The van der Waals surface area contributed by atoms with Gasteiger partial charge in [0.05, 0.1) is 0 Å². The number of allylic oxidation sites excluding steroid dienone is 22. The summed E-state index contributed by atoms with van der Waals surface area (Å²) < 4.78 is 16.7. The lowest BCUT2D eigenvalue weighted by Gasteiger charge is -2.18. The number of rotatable bonds is 48. The fraction of sp³-hybridized carbons (Fsp3) is 0.603. The van der Waals surface area contributed by atoms with Gasteiger partial charge in [-0.2, -0.15) is 0 Å². The van der Waals surface area contributed by atoms with Gasteiger partial charge >= 0.3 is 17.9 Å². The van der Waals surface area contributed by atoms with E-state index in [0.29, 0.717) is 19.3 Å². The molecule has 0 aromatic heterocycles. The Morgan fingerprint density at radius 2 is 0.594 bits per heavy atom. The molecule has 0 spiro atoms. The topological polar surface area (TPSA) is 78.9 Å². The summed E-state index contributed by atoms with van der Waals surface area (Å²) in [4.78, 5) is 38.1. The Labute approximate surface area is 424 Å². The largest absolute Gasteiger partial charge is 0.462 e. The molecule has 0 unspecified atom stereocenters. The second-order valence-electron chi connectivity index (χ2n) is 17.7. The Kier molecular flexibility index (Phi) is 52.5. The summed E-state index contributed by atoms with van der Waals surface area (Å²) >= 11 is 0. The van der Waals surface area contributed by atoms with Crippen molar-refractivity contribution in [1.82, 2.24) is 0 Å². The van der Waals surface area contributed by atoms with Crippen molar-refractivity contribution in [2.24, 2.45) is 0 Å². The number of ether oxygens (including phenoxy) is 3. The van der Waals surface area contributed by atoms with Crippen molar-refractivity contribution in [1.29, 1.82) is 0 Å². The SMILES string of the molecule is CC/C=C\C/C=C\C/C=C\C/C=C\CCCCC(=O)OC[C@H](COC(=O)CCCCCCCCC/C=C\C/C=C\CCCCC)OC(=O)CC/C=C\C/C=C\C/C=C\C/C=C\C/C=C\CCCCC. The van der Waals surface area contributed by atoms with Crippen molar-refractivity contribution in [2.45, 2.75) is 232 Å². The van der Waals surface area contributed by atoms with Crippen LogP contribution in [0.2, 0.25) is 0 Å². The Bertz CT molecular complexity index is 1510. The van der Waals surface area contributed by atoms with E-state index in [-0.39, 0.29) is 38.0 Å². The molecule has 0 heterocycles. The molecule has 0 aromatic rings. The molecule has 0 aromatic carbocycles. The van der Waals surface area contributed by atoms with E-state index < -0.39 is 12.1 Å². The molecule has 0 N–H and O–H groups in total. The minimum absolute atomic E-state index is 0.130. The Balaban J connectivity index is 4.60. The molecule has 0 radical (unpaired) electrons. The minimum atomic E-state index is -0.843. The maximum Gasteiger partial charge on any atom is 0.306 e. The molecule has 0 fully saturated rings. The van der Waals surface area contributed by atoms with Crippen molar-refractivity contribution >= 4 is 17.9 Å². The van der Waals surface area contributed by atoms with Gasteiger partial charge in [0.2, 0.25) is 0 Å². The average molecular weight is 953 g/mol. The van der Waals surface area contributed by atoms with Crippen LogP contribution in [0, 0.1) is 0 Å². The smallest absolute Gasteiger partial charge is 0.306 e. The third-order valence-corrected chi connectivity index (χ3v) is 11.1. The van der Waals surface area contributed by atoms with Crippen LogP contribution >= 0.6 is 0 Å². The van der Waals surface area contributed by atoms with Crippen molar-refractivity contribution in [3.05, 3.63) is 134 Å². The van der Waals surface area contributed by atoms with Gasteiger partial charge in [0.25, 0.3) is 0 Å². The summed E-state index contributed by atoms with van der Waals surface area (Å²) in [6.07, 6.45) is 78.8. The molecule has 0 saturated carbocycles. The van der Waals surface area contributed by atoms with E-state index in [0.717, 1.165) is 96.3 Å². The Morgan fingerprint density at radius 1 is 0.304 bits per heavy atom. The third kappa shape index (κ3) is 54.4. The fourth-order valence-corrected chi connectivity index (χ4v) is 6.97. The molecule has 6 heteroatoms. The number of hydrogen-bond donors (Lipinski definition) is 0. The predicted octanol–water partition coefficient (Wildman–Crippen LogP) is 18.6. The van der Waals surface area contributed by atoms with Crippen molar-refractivity contribution in [3.8, 4) is 0 Å². The van der Waals surface area contributed by atoms with Gasteiger partial charge in [-0.1, -0.05) is 212 Å². The average Bonchev–Trinajstić information content (AvgIpc) is 3.35. The maximum atomic E-state index is 12.8. The first-order valence-electron chi connectivity index (χ1n) is 27.7. The molecule has 0 bridgehead atoms. The maximum absolute atomic E-state index is 12.8. The van der Waals surface area contributed by atoms with Crippen LogP contribution in [0.4, 0.5) is 0 Å². The van der Waals surface area contributed by atoms with Gasteiger partial charge in [0, 0.05) is 19.3 Å². The lowest BCUT2D eigenvalue weighted by Crippen LogP contribution is -2.30. The first-order valence-corrected chi connectivity index (χ1v) is 27.7. The number of esters is 3. The highest BCUT2D eigenvalue weighted by atomic mass is 16.6. The van der Waals surface area contributed by atoms with E-state index >= 15 is 0 Å². The summed E-state index contributed by atoms with van der Waals surface area (Å²) in [7, 11) is 0. The van der Waals surface area contributed by atoms with E-state index in [1.165, 1.54) is 77.0 Å². The van der Waals surface area contributed by atoms with Gasteiger partial charge in [0.1, 0.15) is 13.2 Å². The fourth-order valence-electron chi connectivity index (χ4n) is 6.97. The molecule has 0 rings (SSSR count). The summed E-state index contributed by atoms with van der Waals surface area (Å²) in [5.74, 6) is -1.07. The summed E-state index contributed by atoms with van der Waals surface area (Å²) in [6, 6.07) is 0. The zero-order chi connectivity index (χ0) is 50.0. The molecule has 6 nitrogen and oxygen atoms in total. The van der Waals surface area contributed by atoms with E-state index in [2.05, 4.69) is 142 Å². The molecular weight excluding hydrogens is 853 g/mol. The molecule has 388 valence electrons. The predicted molar refractivity (Wildman–Crippen MR) is 297 cm³/mol. The molecule has 0 aliphatic carbocycles. The number of hydrogen-bond acceptors (Lipinski definition) is 6. The van der Waals surface area contributed by atoms with Crippen LogP contribution in [0.25, 0.3) is 0 Å². The second-order valence-corrected chi connectivity index (χ2v) is 17.7. The molecule has 1 atom stereocenters. The normalized spacial score (nSPS) is 13.1. The van der Waals surface area contributed by atoms with Gasteiger partial charge in [-0.25, -0.2) is 0 Å². The quantitative estimate of drug-likeness (QED) is 0.0262. The first-order chi connectivity index (χ1) is 34.0. The van der Waals surface area contributed by atoms with E-state index in [4.69, 9.17) is 14.2 Å². The van der Waals surface area contributed by atoms with Crippen LogP contribution in [0.1, 0.15) is 226 Å². The molecule has 0 amide bonds. The Morgan fingerprint density at radius 3 is 0.971 bits per heavy atom. The van der Waals surface area contributed by atoms with E-state index in [9.17, 15) is 14.4 Å². The van der Waals surface area contributed by atoms with Crippen molar-refractivity contribution < 1.29 is 28.6 Å². The highest BCUT2D eigenvalue weighted by Gasteiger charge is 2.19. The zero-order valence-corrected chi connectivity index (χ0v) is 44.3. The van der Waals surface area contributed by atoms with Gasteiger partial charge in [0.15, 0.2) is 6.10 Å². The number of carbonyl (C=O) groups excluding carboxylic acids is 3. The van der Waals surface area contributed by atoms with Crippen LogP contribution in [0.15, 0.2) is 134 Å². The lowest BCUT2D eigenvalue weighted by atomic mass is 10.1. The Hall–Kier alpha value is -4.45. The lowest BCUT2D eigenvalue weighted by molar-refractivity contribution is -0.166. The van der Waals surface area contributed by atoms with Gasteiger partial charge < -0.3 is 14.2 Å². The molecule has 69 heavy (non-hydrogen) atoms. The summed E-state index contributed by atoms with van der Waals surface area (Å²) in [6.45, 7) is 6.35. The third-order valence-electron chi connectivity index (χ3n) is 11.1. The van der Waals surface area contributed by atoms with Crippen molar-refractivity contribution in [2.75, 3.05) is 13.2 Å². The molecule has 0 aliphatic heterocycles. The number of carbonyl (C=O) groups is 3. The first kappa shape index (κ1) is 64.5. The molecule has 0 aliphatic rings. The summed E-state index contributed by atoms with van der Waals surface area (Å²) in [5, 5.41) is 0. The highest BCUT2D eigenvalue weighted by molar-refractivity contribution is 5.71. The second kappa shape index (κ2) is 56.1. The number of unbranched alkanes of at least 4 members (excludes halogenated alkanes) is 15. The van der Waals surface area contributed by atoms with Crippen LogP contribution in [-0.2, 0) is 28.6 Å². The van der Waals surface area contributed by atoms with Crippen LogP contribution in [-0.4, -0.2) is 37.2 Å². The van der Waals surface area contributed by atoms with Crippen LogP contribution in [0.5, 0.6) is 0 Å². The van der Waals surface area contributed by atoms with E-state index in [1.807, 2.05) is 12.2 Å². The minimum Gasteiger partial charge on any atom is -0.462 e. The van der Waals surface area contributed by atoms with Gasteiger partial charge in [-0.05, 0) is 128 Å². The van der Waals surface area contributed by atoms with Gasteiger partial charge in [-0.15, -0.1) is 0 Å². The van der Waals surface area contributed by atoms with Gasteiger partial charge in [-0.3, -0.25) is 14.4 Å². The monoisotopic (exact) mass is 953 g/mol. The summed E-state index contributed by atoms with van der Waals surface area (Å²) in [5.41, 5.74) is 0. The van der Waals surface area contributed by atoms with Crippen LogP contribution < -0.4 is 0 Å². The van der Waals surface area contributed by atoms with Crippen LogP contribution in [0.3, 0.4) is 0 Å².